The lowest BCUT2D eigenvalue weighted by molar-refractivity contribution is -0.0972. The highest BCUT2D eigenvalue weighted by Gasteiger charge is 2.50. The molecule has 2 fully saturated rings. The molecule has 1 aromatic rings. The first-order chi connectivity index (χ1) is 12.1. The molecule has 0 aromatic heterocycles. The van der Waals surface area contributed by atoms with Crippen molar-refractivity contribution in [2.75, 3.05) is 7.11 Å². The quantitative estimate of drug-likeness (QED) is 0.860. The number of carbonyl (C=O) groups excluding carboxylic acids is 1. The maximum absolute atomic E-state index is 12.7. The molecule has 2 heterocycles. The number of amides is 1. The van der Waals surface area contributed by atoms with E-state index in [0.29, 0.717) is 18.6 Å². The Hall–Kier alpha value is -1.75. The van der Waals surface area contributed by atoms with Crippen molar-refractivity contribution in [1.82, 2.24) is 4.90 Å². The molecule has 2 aliphatic heterocycles. The number of carbonyl (C=O) groups is 1. The Balaban J connectivity index is 1.90. The van der Waals surface area contributed by atoms with Gasteiger partial charge in [-0.1, -0.05) is 11.6 Å². The summed E-state index contributed by atoms with van der Waals surface area (Å²) in [7, 11) is 1.63. The Bertz CT molecular complexity index is 665. The number of hydrogen-bond acceptors (Lipinski definition) is 4. The third-order valence-electron chi connectivity index (χ3n) is 5.47. The van der Waals surface area contributed by atoms with Crippen LogP contribution in [-0.2, 0) is 10.3 Å². The molecule has 144 valence electrons. The molecule has 2 aliphatic rings. The average molecular weight is 361 g/mol. The second-order valence-electron chi connectivity index (χ2n) is 8.77. The van der Waals surface area contributed by atoms with E-state index >= 15 is 0 Å². The smallest absolute Gasteiger partial charge is 0.410 e. The summed E-state index contributed by atoms with van der Waals surface area (Å²) >= 11 is 0. The number of aryl methyl sites for hydroxylation is 1. The summed E-state index contributed by atoms with van der Waals surface area (Å²) in [5.41, 5.74) is 0.430. The van der Waals surface area contributed by atoms with Crippen LogP contribution in [0.4, 0.5) is 4.79 Å². The highest BCUT2D eigenvalue weighted by molar-refractivity contribution is 5.69. The van der Waals surface area contributed by atoms with Crippen LogP contribution in [0.3, 0.4) is 0 Å². The zero-order valence-electron chi connectivity index (χ0n) is 16.5. The van der Waals surface area contributed by atoms with Gasteiger partial charge in [0, 0.05) is 30.5 Å². The molecular weight excluding hydrogens is 330 g/mol. The van der Waals surface area contributed by atoms with Gasteiger partial charge in [-0.2, -0.15) is 0 Å². The van der Waals surface area contributed by atoms with Crippen molar-refractivity contribution in [2.45, 2.75) is 83.1 Å². The summed E-state index contributed by atoms with van der Waals surface area (Å²) in [6.45, 7) is 7.68. The maximum Gasteiger partial charge on any atom is 0.410 e. The number of ether oxygens (including phenoxy) is 2. The minimum atomic E-state index is -0.981. The Labute approximate surface area is 156 Å². The van der Waals surface area contributed by atoms with Gasteiger partial charge in [0.25, 0.3) is 0 Å². The van der Waals surface area contributed by atoms with Crippen LogP contribution in [0.15, 0.2) is 18.2 Å². The van der Waals surface area contributed by atoms with E-state index < -0.39 is 11.2 Å². The lowest BCUT2D eigenvalue weighted by atomic mass is 9.72. The minimum Gasteiger partial charge on any atom is -0.496 e. The molecule has 2 atom stereocenters. The van der Waals surface area contributed by atoms with Crippen LogP contribution < -0.4 is 4.74 Å². The van der Waals surface area contributed by atoms with E-state index in [1.54, 1.807) is 7.11 Å². The first-order valence-electron chi connectivity index (χ1n) is 9.52. The van der Waals surface area contributed by atoms with Crippen LogP contribution in [0, 0.1) is 6.92 Å². The molecule has 0 aliphatic carbocycles. The fourth-order valence-corrected chi connectivity index (χ4v) is 4.45. The topological polar surface area (TPSA) is 59.0 Å². The van der Waals surface area contributed by atoms with E-state index in [-0.39, 0.29) is 18.2 Å². The molecule has 3 rings (SSSR count). The first kappa shape index (κ1) is 19.0. The number of methoxy groups -OCH3 is 1. The van der Waals surface area contributed by atoms with Gasteiger partial charge in [0.2, 0.25) is 0 Å². The third kappa shape index (κ3) is 3.68. The fourth-order valence-electron chi connectivity index (χ4n) is 4.45. The molecule has 5 nitrogen and oxygen atoms in total. The summed E-state index contributed by atoms with van der Waals surface area (Å²) in [4.78, 5) is 14.6. The summed E-state index contributed by atoms with van der Waals surface area (Å²) in [5, 5.41) is 11.6. The summed E-state index contributed by atoms with van der Waals surface area (Å²) in [6, 6.07) is 5.90. The van der Waals surface area contributed by atoms with Gasteiger partial charge >= 0.3 is 6.09 Å². The first-order valence-corrected chi connectivity index (χ1v) is 9.52. The van der Waals surface area contributed by atoms with Crippen molar-refractivity contribution in [1.29, 1.82) is 0 Å². The standard InChI is InChI=1S/C21H31NO4/c1-14-9-10-18(25-5)17(11-14)21(24)12-15-7-6-8-16(13-21)22(15)19(23)26-20(2,3)4/h9-11,15-16,24H,6-8,12-13H2,1-5H3. The van der Waals surface area contributed by atoms with Crippen molar-refractivity contribution in [2.24, 2.45) is 0 Å². The predicted octanol–water partition coefficient (Wildman–Crippen LogP) is 4.14. The number of hydrogen-bond donors (Lipinski definition) is 1. The summed E-state index contributed by atoms with van der Waals surface area (Å²) < 4.78 is 11.1. The number of piperidine rings is 2. The fraction of sp³-hybridized carbons (Fsp3) is 0.667. The molecule has 5 heteroatoms. The van der Waals surface area contributed by atoms with Gasteiger partial charge in [-0.05, 0) is 59.1 Å². The Morgan fingerprint density at radius 3 is 2.38 bits per heavy atom. The van der Waals surface area contributed by atoms with Gasteiger partial charge in [0.1, 0.15) is 11.4 Å². The van der Waals surface area contributed by atoms with E-state index in [4.69, 9.17) is 9.47 Å². The number of aliphatic hydroxyl groups is 1. The highest BCUT2D eigenvalue weighted by Crippen LogP contribution is 2.47. The second-order valence-corrected chi connectivity index (χ2v) is 8.77. The lowest BCUT2D eigenvalue weighted by Gasteiger charge is -2.52. The SMILES string of the molecule is COc1ccc(C)cc1C1(O)CC2CCCC(C1)N2C(=O)OC(C)(C)C. The van der Waals surface area contributed by atoms with Gasteiger partial charge in [-0.15, -0.1) is 0 Å². The van der Waals surface area contributed by atoms with Gasteiger partial charge in [-0.3, -0.25) is 0 Å². The van der Waals surface area contributed by atoms with E-state index in [1.165, 1.54) is 0 Å². The van der Waals surface area contributed by atoms with Gasteiger partial charge in [0.05, 0.1) is 12.7 Å². The monoisotopic (exact) mass is 361 g/mol. The van der Waals surface area contributed by atoms with Gasteiger partial charge < -0.3 is 19.5 Å². The number of fused-ring (bicyclic) bond motifs is 2. The summed E-state index contributed by atoms with van der Waals surface area (Å²) in [5.74, 6) is 0.710. The normalized spacial score (nSPS) is 28.6. The van der Waals surface area contributed by atoms with Crippen LogP contribution in [0.25, 0.3) is 0 Å². The molecular formula is C21H31NO4. The minimum absolute atomic E-state index is 0.00688. The zero-order valence-corrected chi connectivity index (χ0v) is 16.5. The van der Waals surface area contributed by atoms with Crippen molar-refractivity contribution < 1.29 is 19.4 Å². The highest BCUT2D eigenvalue weighted by atomic mass is 16.6. The molecule has 1 aromatic carbocycles. The van der Waals surface area contributed by atoms with Crippen LogP contribution >= 0.6 is 0 Å². The van der Waals surface area contributed by atoms with Crippen LogP contribution in [0.5, 0.6) is 5.75 Å². The Morgan fingerprint density at radius 2 is 1.85 bits per heavy atom. The molecule has 0 radical (unpaired) electrons. The van der Waals surface area contributed by atoms with Crippen LogP contribution in [0.1, 0.15) is 64.0 Å². The molecule has 2 bridgehead atoms. The predicted molar refractivity (Wildman–Crippen MR) is 100 cm³/mol. The van der Waals surface area contributed by atoms with Crippen LogP contribution in [-0.4, -0.2) is 40.9 Å². The number of nitrogens with zero attached hydrogens (tertiary/aromatic N) is 1. The van der Waals surface area contributed by atoms with E-state index in [0.717, 1.165) is 30.4 Å². The molecule has 0 spiro atoms. The molecule has 0 saturated carbocycles. The van der Waals surface area contributed by atoms with Crippen molar-refractivity contribution in [3.05, 3.63) is 29.3 Å². The number of benzene rings is 1. The van der Waals surface area contributed by atoms with Crippen LogP contribution in [0.2, 0.25) is 0 Å². The van der Waals surface area contributed by atoms with E-state index in [1.807, 2.05) is 50.8 Å². The Morgan fingerprint density at radius 1 is 1.23 bits per heavy atom. The largest absolute Gasteiger partial charge is 0.496 e. The van der Waals surface area contributed by atoms with Crippen molar-refractivity contribution >= 4 is 6.09 Å². The lowest BCUT2D eigenvalue weighted by Crippen LogP contribution is -2.59. The molecule has 26 heavy (non-hydrogen) atoms. The zero-order chi connectivity index (χ0) is 19.1. The number of rotatable bonds is 2. The third-order valence-corrected chi connectivity index (χ3v) is 5.47. The van der Waals surface area contributed by atoms with Crippen molar-refractivity contribution in [3.63, 3.8) is 0 Å². The summed E-state index contributed by atoms with van der Waals surface area (Å²) in [6.07, 6.45) is 3.64. The average Bonchev–Trinajstić information content (AvgIpc) is 2.52. The Kier molecular flexibility index (Phi) is 4.95. The second kappa shape index (κ2) is 6.76. The van der Waals surface area contributed by atoms with Crippen molar-refractivity contribution in [3.8, 4) is 5.75 Å². The van der Waals surface area contributed by atoms with Gasteiger partial charge in [-0.25, -0.2) is 4.79 Å². The van der Waals surface area contributed by atoms with E-state index in [9.17, 15) is 9.90 Å². The molecule has 1 amide bonds. The van der Waals surface area contributed by atoms with Gasteiger partial charge in [0.15, 0.2) is 0 Å². The molecule has 1 N–H and O–H groups in total. The molecule has 2 unspecified atom stereocenters. The maximum atomic E-state index is 12.7. The van der Waals surface area contributed by atoms with E-state index in [2.05, 4.69) is 0 Å². The molecule has 2 saturated heterocycles.